The fraction of sp³-hybridized carbons (Fsp3) is 0.263. The van der Waals surface area contributed by atoms with Gasteiger partial charge in [0.05, 0.1) is 18.4 Å². The van der Waals surface area contributed by atoms with E-state index in [4.69, 9.17) is 10.8 Å². The third-order valence-corrected chi connectivity index (χ3v) is 4.29. The van der Waals surface area contributed by atoms with E-state index in [9.17, 15) is 14.7 Å². The number of hydrogen-bond acceptors (Lipinski definition) is 9. The Balaban J connectivity index is 1.63. The first kappa shape index (κ1) is 20.7. The number of aliphatic carboxylic acids is 1. The van der Waals surface area contributed by atoms with Crippen molar-refractivity contribution in [1.82, 2.24) is 25.3 Å². The van der Waals surface area contributed by atoms with Crippen LogP contribution in [0.15, 0.2) is 30.5 Å². The molecule has 156 valence electrons. The number of anilines is 2. The number of carboxylic acids is 1. The molecule has 1 aromatic carbocycles. The average Bonchev–Trinajstić information content (AvgIpc) is 2.71. The molecule has 0 radical (unpaired) electrons. The Morgan fingerprint density at radius 2 is 1.90 bits per heavy atom. The highest BCUT2D eigenvalue weighted by molar-refractivity contribution is 5.94. The number of benzene rings is 1. The molecule has 11 nitrogen and oxygen atoms in total. The predicted octanol–water partition coefficient (Wildman–Crippen LogP) is 0.939. The van der Waals surface area contributed by atoms with Crippen molar-refractivity contribution in [2.24, 2.45) is 0 Å². The van der Waals surface area contributed by atoms with Crippen LogP contribution in [-0.2, 0) is 11.3 Å². The number of amides is 1. The molecule has 0 saturated heterocycles. The monoisotopic (exact) mass is 411 g/mol. The van der Waals surface area contributed by atoms with E-state index in [1.54, 1.807) is 30.5 Å². The van der Waals surface area contributed by atoms with Gasteiger partial charge >= 0.3 is 12.0 Å². The van der Waals surface area contributed by atoms with E-state index < -0.39 is 12.0 Å². The van der Waals surface area contributed by atoms with Crippen molar-refractivity contribution in [3.8, 4) is 6.01 Å². The number of carbonyl (C=O) groups is 2. The molecular weight excluding hydrogens is 390 g/mol. The van der Waals surface area contributed by atoms with Crippen LogP contribution in [-0.4, -0.2) is 55.6 Å². The van der Waals surface area contributed by atoms with Gasteiger partial charge in [-0.15, -0.1) is 0 Å². The second kappa shape index (κ2) is 8.99. The van der Waals surface area contributed by atoms with Gasteiger partial charge in [0.25, 0.3) is 5.91 Å². The lowest BCUT2D eigenvalue weighted by Crippen LogP contribution is -2.25. The Kier molecular flexibility index (Phi) is 6.20. The second-order valence-corrected chi connectivity index (χ2v) is 6.60. The van der Waals surface area contributed by atoms with Crippen LogP contribution in [0.2, 0.25) is 0 Å². The lowest BCUT2D eigenvalue weighted by atomic mass is 10.1. The summed E-state index contributed by atoms with van der Waals surface area (Å²) in [6.07, 6.45) is 1.94. The summed E-state index contributed by atoms with van der Waals surface area (Å²) in [5.41, 5.74) is 8.27. The molecule has 0 aliphatic heterocycles. The molecule has 0 fully saturated rings. The number of fused-ring (bicyclic) bond motifs is 1. The molecule has 2 aromatic heterocycles. The first-order valence-electron chi connectivity index (χ1n) is 9.13. The van der Waals surface area contributed by atoms with Gasteiger partial charge in [-0.25, -0.2) is 9.97 Å². The minimum Gasteiger partial charge on any atom is -0.481 e. The van der Waals surface area contributed by atoms with Crippen molar-refractivity contribution in [2.45, 2.75) is 19.4 Å². The molecular formula is C19H21N7O4. The first-order valence-corrected chi connectivity index (χ1v) is 9.13. The summed E-state index contributed by atoms with van der Waals surface area (Å²) < 4.78 is 0. The van der Waals surface area contributed by atoms with Gasteiger partial charge in [-0.05, 0) is 30.7 Å². The van der Waals surface area contributed by atoms with Crippen LogP contribution in [0.4, 0.5) is 11.5 Å². The molecule has 11 heteroatoms. The van der Waals surface area contributed by atoms with Gasteiger partial charge in [0.1, 0.15) is 0 Å². The maximum atomic E-state index is 12.1. The van der Waals surface area contributed by atoms with Crippen LogP contribution in [0.25, 0.3) is 11.2 Å². The third-order valence-electron chi connectivity index (χ3n) is 4.29. The van der Waals surface area contributed by atoms with Crippen molar-refractivity contribution < 1.29 is 19.8 Å². The summed E-state index contributed by atoms with van der Waals surface area (Å²) in [6, 6.07) is 6.54. The van der Waals surface area contributed by atoms with Gasteiger partial charge in [-0.2, -0.15) is 9.97 Å². The second-order valence-electron chi connectivity index (χ2n) is 6.60. The van der Waals surface area contributed by atoms with E-state index in [-0.39, 0.29) is 23.8 Å². The average molecular weight is 411 g/mol. The number of hydrogen-bond donors (Lipinski definition) is 4. The molecule has 0 unspecified atom stereocenters. The van der Waals surface area contributed by atoms with Gasteiger partial charge in [-0.3, -0.25) is 9.59 Å². The molecule has 1 amide bonds. The van der Waals surface area contributed by atoms with Crippen LogP contribution in [0.1, 0.15) is 28.9 Å². The summed E-state index contributed by atoms with van der Waals surface area (Å²) in [5.74, 6) is -1.09. The Morgan fingerprint density at radius 1 is 1.17 bits per heavy atom. The molecule has 3 aromatic rings. The quantitative estimate of drug-likeness (QED) is 0.391. The first-order chi connectivity index (χ1) is 14.3. The van der Waals surface area contributed by atoms with Gasteiger partial charge in [-0.1, -0.05) is 0 Å². The lowest BCUT2D eigenvalue weighted by molar-refractivity contribution is -0.137. The molecule has 2 heterocycles. The zero-order valence-corrected chi connectivity index (χ0v) is 16.2. The number of nitrogen functional groups attached to an aromatic ring is 1. The number of nitrogens with one attached hydrogen (secondary N) is 1. The van der Waals surface area contributed by atoms with Crippen molar-refractivity contribution in [1.29, 1.82) is 0 Å². The van der Waals surface area contributed by atoms with Crippen LogP contribution in [0.5, 0.6) is 6.01 Å². The van der Waals surface area contributed by atoms with Gasteiger partial charge in [0, 0.05) is 31.3 Å². The van der Waals surface area contributed by atoms with E-state index in [1.165, 1.54) is 0 Å². The number of rotatable bonds is 8. The SMILES string of the molecule is CN(Cc1cnc2nc(O)nc(N)c2n1)c1ccc(C(=O)NCCCC(=O)O)cc1. The summed E-state index contributed by atoms with van der Waals surface area (Å²) in [7, 11) is 1.86. The van der Waals surface area contributed by atoms with Crippen LogP contribution < -0.4 is 16.0 Å². The van der Waals surface area contributed by atoms with Crippen molar-refractivity contribution in [3.05, 3.63) is 41.7 Å². The van der Waals surface area contributed by atoms with E-state index >= 15 is 0 Å². The minimum absolute atomic E-state index is 0.0145. The smallest absolute Gasteiger partial charge is 0.318 e. The number of aromatic nitrogens is 4. The van der Waals surface area contributed by atoms with Crippen molar-refractivity contribution in [2.75, 3.05) is 24.2 Å². The van der Waals surface area contributed by atoms with Crippen molar-refractivity contribution in [3.63, 3.8) is 0 Å². The highest BCUT2D eigenvalue weighted by Gasteiger charge is 2.11. The standard InChI is InChI=1S/C19H21N7O4/c1-26(10-12-9-22-17-15(23-12)16(20)24-19(30)25-17)13-6-4-11(5-7-13)18(29)21-8-2-3-14(27)28/h4-7,9H,2-3,8,10H2,1H3,(H,21,29)(H,27,28)(H3,20,22,24,25,30). The van der Waals surface area contributed by atoms with Crippen LogP contribution in [0.3, 0.4) is 0 Å². The number of nitrogens with zero attached hydrogens (tertiary/aromatic N) is 5. The minimum atomic E-state index is -0.888. The molecule has 0 bridgehead atoms. The molecule has 0 aliphatic carbocycles. The Hall–Kier alpha value is -4.02. The highest BCUT2D eigenvalue weighted by Crippen LogP contribution is 2.19. The molecule has 0 saturated carbocycles. The largest absolute Gasteiger partial charge is 0.481 e. The fourth-order valence-electron chi connectivity index (χ4n) is 2.77. The van der Waals surface area contributed by atoms with E-state index in [0.29, 0.717) is 36.3 Å². The maximum absolute atomic E-state index is 12.1. The maximum Gasteiger partial charge on any atom is 0.318 e. The number of carbonyl (C=O) groups excluding carboxylic acids is 1. The number of nitrogens with two attached hydrogens (primary N) is 1. The zero-order valence-electron chi connectivity index (χ0n) is 16.2. The van der Waals surface area contributed by atoms with Gasteiger partial charge in [0.2, 0.25) is 0 Å². The predicted molar refractivity (Wildman–Crippen MR) is 109 cm³/mol. The summed E-state index contributed by atoms with van der Waals surface area (Å²) in [6.45, 7) is 0.724. The van der Waals surface area contributed by atoms with Crippen LogP contribution in [0, 0.1) is 0 Å². The molecule has 0 spiro atoms. The molecule has 0 atom stereocenters. The highest BCUT2D eigenvalue weighted by atomic mass is 16.4. The van der Waals surface area contributed by atoms with Crippen molar-refractivity contribution >= 4 is 34.5 Å². The Morgan fingerprint density at radius 3 is 2.60 bits per heavy atom. The summed E-state index contributed by atoms with van der Waals surface area (Å²) in [5, 5.41) is 20.7. The van der Waals surface area contributed by atoms with E-state index in [0.717, 1.165) is 5.69 Å². The Bertz CT molecular complexity index is 1070. The molecule has 0 aliphatic rings. The fourth-order valence-corrected chi connectivity index (χ4v) is 2.77. The van der Waals surface area contributed by atoms with E-state index in [2.05, 4.69) is 25.3 Å². The third kappa shape index (κ3) is 5.07. The van der Waals surface area contributed by atoms with Gasteiger partial charge < -0.3 is 26.2 Å². The summed E-state index contributed by atoms with van der Waals surface area (Å²) >= 11 is 0. The zero-order chi connectivity index (χ0) is 21.7. The van der Waals surface area contributed by atoms with Gasteiger partial charge in [0.15, 0.2) is 17.0 Å². The molecule has 5 N–H and O–H groups in total. The normalized spacial score (nSPS) is 10.7. The molecule has 3 rings (SSSR count). The summed E-state index contributed by atoms with van der Waals surface area (Å²) in [4.78, 5) is 40.6. The van der Waals surface area contributed by atoms with E-state index in [1.807, 2.05) is 11.9 Å². The number of aromatic hydroxyl groups is 1. The van der Waals surface area contributed by atoms with Crippen LogP contribution >= 0.6 is 0 Å². The number of carboxylic acid groups (broad SMARTS) is 1. The topological polar surface area (TPSA) is 167 Å². The Labute approximate surface area is 171 Å². The molecule has 30 heavy (non-hydrogen) atoms. The lowest BCUT2D eigenvalue weighted by Gasteiger charge is -2.19.